The van der Waals surface area contributed by atoms with E-state index in [9.17, 15) is 4.79 Å². The van der Waals surface area contributed by atoms with E-state index in [0.29, 0.717) is 6.54 Å². The van der Waals surface area contributed by atoms with Crippen molar-refractivity contribution in [3.63, 3.8) is 0 Å². The van der Waals surface area contributed by atoms with E-state index in [2.05, 4.69) is 10.6 Å². The third-order valence-corrected chi connectivity index (χ3v) is 3.87. The van der Waals surface area contributed by atoms with Crippen LogP contribution in [0.2, 0.25) is 5.02 Å². The number of carbonyl (C=O) groups is 1. The van der Waals surface area contributed by atoms with Crippen molar-refractivity contribution in [1.82, 2.24) is 5.32 Å². The summed E-state index contributed by atoms with van der Waals surface area (Å²) in [6.07, 6.45) is 0. The molecule has 0 spiro atoms. The van der Waals surface area contributed by atoms with Crippen molar-refractivity contribution in [3.05, 3.63) is 89.4 Å². The van der Waals surface area contributed by atoms with Crippen molar-refractivity contribution in [1.29, 1.82) is 0 Å². The van der Waals surface area contributed by atoms with Gasteiger partial charge in [0.1, 0.15) is 0 Å². The number of amides is 2. The largest absolute Gasteiger partial charge is 0.334 e. The van der Waals surface area contributed by atoms with Crippen LogP contribution in [0.1, 0.15) is 5.56 Å². The maximum atomic E-state index is 11.9. The highest BCUT2D eigenvalue weighted by Crippen LogP contribution is 2.21. The van der Waals surface area contributed by atoms with Gasteiger partial charge in [-0.1, -0.05) is 66.2 Å². The van der Waals surface area contributed by atoms with Crippen LogP contribution in [0.25, 0.3) is 11.1 Å². The monoisotopic (exact) mass is 336 g/mol. The standard InChI is InChI=1S/C20H17ClN2O/c21-18-12-10-17(11-13-18)16-8-6-15(7-9-16)14-22-20(24)23-19-4-2-1-3-5-19/h1-13H,14H2,(H2,22,23,24). The lowest BCUT2D eigenvalue weighted by molar-refractivity contribution is 0.251. The van der Waals surface area contributed by atoms with Crippen LogP contribution in [0.4, 0.5) is 10.5 Å². The molecular weight excluding hydrogens is 320 g/mol. The summed E-state index contributed by atoms with van der Waals surface area (Å²) in [5.74, 6) is 0. The highest BCUT2D eigenvalue weighted by atomic mass is 35.5. The van der Waals surface area contributed by atoms with Gasteiger partial charge in [0.05, 0.1) is 0 Å². The summed E-state index contributed by atoms with van der Waals surface area (Å²) in [5.41, 5.74) is 4.04. The molecule has 0 atom stereocenters. The molecule has 2 N–H and O–H groups in total. The number of nitrogens with one attached hydrogen (secondary N) is 2. The molecular formula is C20H17ClN2O. The summed E-state index contributed by atoms with van der Waals surface area (Å²) in [6.45, 7) is 0.472. The SMILES string of the molecule is O=C(NCc1ccc(-c2ccc(Cl)cc2)cc1)Nc1ccccc1. The van der Waals surface area contributed by atoms with Crippen molar-refractivity contribution in [2.75, 3.05) is 5.32 Å². The number of hydrogen-bond acceptors (Lipinski definition) is 1. The van der Waals surface area contributed by atoms with Gasteiger partial charge in [-0.2, -0.15) is 0 Å². The predicted molar refractivity (Wildman–Crippen MR) is 99.2 cm³/mol. The fourth-order valence-corrected chi connectivity index (χ4v) is 2.46. The first-order valence-corrected chi connectivity index (χ1v) is 8.03. The van der Waals surface area contributed by atoms with Gasteiger partial charge in [-0.15, -0.1) is 0 Å². The molecule has 0 heterocycles. The molecule has 0 aliphatic rings. The quantitative estimate of drug-likeness (QED) is 0.664. The molecule has 3 aromatic carbocycles. The van der Waals surface area contributed by atoms with Crippen molar-refractivity contribution in [2.24, 2.45) is 0 Å². The van der Waals surface area contributed by atoms with Gasteiger partial charge in [-0.3, -0.25) is 0 Å². The summed E-state index contributed by atoms with van der Waals surface area (Å²) in [6, 6.07) is 25.0. The number of para-hydroxylation sites is 1. The minimum atomic E-state index is -0.219. The fourth-order valence-electron chi connectivity index (χ4n) is 2.34. The molecule has 0 aliphatic carbocycles. The number of urea groups is 1. The van der Waals surface area contributed by atoms with Crippen molar-refractivity contribution in [3.8, 4) is 11.1 Å². The fraction of sp³-hybridized carbons (Fsp3) is 0.0500. The lowest BCUT2D eigenvalue weighted by atomic mass is 10.0. The Labute approximate surface area is 146 Å². The molecule has 3 rings (SSSR count). The average molecular weight is 337 g/mol. The minimum Gasteiger partial charge on any atom is -0.334 e. The van der Waals surface area contributed by atoms with E-state index >= 15 is 0 Å². The number of carbonyl (C=O) groups excluding carboxylic acids is 1. The number of anilines is 1. The summed E-state index contributed by atoms with van der Waals surface area (Å²) >= 11 is 5.91. The van der Waals surface area contributed by atoms with E-state index in [1.54, 1.807) is 0 Å². The van der Waals surface area contributed by atoms with Gasteiger partial charge in [-0.05, 0) is 41.0 Å². The first-order valence-electron chi connectivity index (χ1n) is 7.65. The van der Waals surface area contributed by atoms with E-state index < -0.39 is 0 Å². The Hall–Kier alpha value is -2.78. The van der Waals surface area contributed by atoms with Gasteiger partial charge in [-0.25, -0.2) is 4.79 Å². The van der Waals surface area contributed by atoms with Crippen LogP contribution < -0.4 is 10.6 Å². The highest BCUT2D eigenvalue weighted by Gasteiger charge is 2.02. The van der Waals surface area contributed by atoms with Crippen LogP contribution in [-0.2, 0) is 6.54 Å². The molecule has 3 nitrogen and oxygen atoms in total. The van der Waals surface area contributed by atoms with Crippen molar-refractivity contribution in [2.45, 2.75) is 6.54 Å². The van der Waals surface area contributed by atoms with Crippen LogP contribution in [0, 0.1) is 0 Å². The van der Waals surface area contributed by atoms with Gasteiger partial charge in [0, 0.05) is 17.3 Å². The molecule has 0 unspecified atom stereocenters. The average Bonchev–Trinajstić information content (AvgIpc) is 2.62. The second-order valence-corrected chi connectivity index (χ2v) is 5.81. The lowest BCUT2D eigenvalue weighted by Crippen LogP contribution is -2.28. The predicted octanol–water partition coefficient (Wildman–Crippen LogP) is 5.33. The summed E-state index contributed by atoms with van der Waals surface area (Å²) in [4.78, 5) is 11.9. The van der Waals surface area contributed by atoms with Crippen molar-refractivity contribution >= 4 is 23.3 Å². The zero-order valence-electron chi connectivity index (χ0n) is 13.0. The summed E-state index contributed by atoms with van der Waals surface area (Å²) in [7, 11) is 0. The van der Waals surface area contributed by atoms with Crippen LogP contribution in [0.5, 0.6) is 0 Å². The molecule has 0 aromatic heterocycles. The molecule has 0 saturated heterocycles. The Balaban J connectivity index is 1.56. The molecule has 0 saturated carbocycles. The normalized spacial score (nSPS) is 10.2. The van der Waals surface area contributed by atoms with Crippen LogP contribution in [-0.4, -0.2) is 6.03 Å². The smallest absolute Gasteiger partial charge is 0.319 e. The van der Waals surface area contributed by atoms with Crippen LogP contribution in [0.15, 0.2) is 78.9 Å². The van der Waals surface area contributed by atoms with Crippen LogP contribution >= 0.6 is 11.6 Å². The zero-order valence-corrected chi connectivity index (χ0v) is 13.8. The third kappa shape index (κ3) is 4.37. The Bertz CT molecular complexity index is 799. The summed E-state index contributed by atoms with van der Waals surface area (Å²) in [5, 5.41) is 6.36. The first kappa shape index (κ1) is 16.1. The molecule has 0 aliphatic heterocycles. The van der Waals surface area contributed by atoms with E-state index in [1.807, 2.05) is 78.9 Å². The molecule has 2 amide bonds. The molecule has 0 radical (unpaired) electrons. The number of hydrogen-bond donors (Lipinski definition) is 2. The van der Waals surface area contributed by atoms with Crippen LogP contribution in [0.3, 0.4) is 0 Å². The number of benzene rings is 3. The topological polar surface area (TPSA) is 41.1 Å². The number of rotatable bonds is 4. The first-order chi connectivity index (χ1) is 11.7. The second-order valence-electron chi connectivity index (χ2n) is 5.38. The Kier molecular flexibility index (Phi) is 5.14. The van der Waals surface area contributed by atoms with Gasteiger partial charge in [0.15, 0.2) is 0 Å². The maximum Gasteiger partial charge on any atom is 0.319 e. The molecule has 0 fully saturated rings. The molecule has 4 heteroatoms. The Morgan fingerprint density at radius 3 is 2.00 bits per heavy atom. The zero-order chi connectivity index (χ0) is 16.8. The molecule has 3 aromatic rings. The second kappa shape index (κ2) is 7.66. The van der Waals surface area contributed by atoms with Gasteiger partial charge in [0.25, 0.3) is 0 Å². The molecule has 24 heavy (non-hydrogen) atoms. The lowest BCUT2D eigenvalue weighted by Gasteiger charge is -2.08. The minimum absolute atomic E-state index is 0.219. The third-order valence-electron chi connectivity index (χ3n) is 3.62. The maximum absolute atomic E-state index is 11.9. The Morgan fingerprint density at radius 2 is 1.38 bits per heavy atom. The van der Waals surface area contributed by atoms with E-state index in [0.717, 1.165) is 27.4 Å². The van der Waals surface area contributed by atoms with E-state index in [4.69, 9.17) is 11.6 Å². The van der Waals surface area contributed by atoms with E-state index in [-0.39, 0.29) is 6.03 Å². The van der Waals surface area contributed by atoms with Crippen molar-refractivity contribution < 1.29 is 4.79 Å². The molecule has 0 bridgehead atoms. The van der Waals surface area contributed by atoms with Gasteiger partial charge < -0.3 is 10.6 Å². The summed E-state index contributed by atoms with van der Waals surface area (Å²) < 4.78 is 0. The van der Waals surface area contributed by atoms with Gasteiger partial charge >= 0.3 is 6.03 Å². The number of halogens is 1. The highest BCUT2D eigenvalue weighted by molar-refractivity contribution is 6.30. The Morgan fingerprint density at radius 1 is 0.792 bits per heavy atom. The molecule has 120 valence electrons. The van der Waals surface area contributed by atoms with Gasteiger partial charge in [0.2, 0.25) is 0 Å². The van der Waals surface area contributed by atoms with E-state index in [1.165, 1.54) is 0 Å².